The van der Waals surface area contributed by atoms with Gasteiger partial charge in [0, 0.05) is 19.2 Å². The number of carboxylic acid groups (broad SMARTS) is 1. The second-order valence-electron chi connectivity index (χ2n) is 3.47. The Bertz CT molecular complexity index is 580. The number of rotatable bonds is 4. The first-order valence-corrected chi connectivity index (χ1v) is 7.41. The van der Waals surface area contributed by atoms with E-state index in [9.17, 15) is 4.79 Å². The lowest BCUT2D eigenvalue weighted by atomic mass is 10.2. The second kappa shape index (κ2) is 5.86. The topological polar surface area (TPSA) is 46.5 Å². The lowest BCUT2D eigenvalue weighted by Gasteiger charge is -2.08. The Labute approximate surface area is 125 Å². The Balaban J connectivity index is 2.17. The molecule has 6 heteroatoms. The van der Waals surface area contributed by atoms with Gasteiger partial charge >= 0.3 is 5.97 Å². The van der Waals surface area contributed by atoms with Crippen LogP contribution in [0.25, 0.3) is 0 Å². The zero-order valence-corrected chi connectivity index (χ0v) is 13.0. The third-order valence-corrected chi connectivity index (χ3v) is 4.33. The fraction of sp³-hybridized carbons (Fsp3) is 0.0833. The molecule has 3 nitrogen and oxygen atoms in total. The standard InChI is InChI=1S/C12H8Br2O3S/c13-7-1-2-10(12(15)16)11(4-7)17-5-9-3-8(14)6-18-9/h1-4,6H,5H2,(H,15,16). The summed E-state index contributed by atoms with van der Waals surface area (Å²) in [6.45, 7) is 0.354. The normalized spacial score (nSPS) is 10.3. The highest BCUT2D eigenvalue weighted by Crippen LogP contribution is 2.26. The summed E-state index contributed by atoms with van der Waals surface area (Å²) in [5, 5.41) is 11.0. The van der Waals surface area contributed by atoms with E-state index in [0.717, 1.165) is 13.8 Å². The van der Waals surface area contributed by atoms with Crippen LogP contribution in [0.4, 0.5) is 0 Å². The van der Waals surface area contributed by atoms with Crippen LogP contribution in [0.3, 0.4) is 0 Å². The van der Waals surface area contributed by atoms with Crippen molar-refractivity contribution >= 4 is 49.2 Å². The minimum atomic E-state index is -0.995. The van der Waals surface area contributed by atoms with Crippen molar-refractivity contribution in [2.24, 2.45) is 0 Å². The molecule has 18 heavy (non-hydrogen) atoms. The van der Waals surface area contributed by atoms with Crippen molar-refractivity contribution in [1.29, 1.82) is 0 Å². The predicted molar refractivity (Wildman–Crippen MR) is 77.5 cm³/mol. The van der Waals surface area contributed by atoms with Crippen LogP contribution in [0.15, 0.2) is 38.6 Å². The van der Waals surface area contributed by atoms with E-state index >= 15 is 0 Å². The number of carboxylic acids is 1. The summed E-state index contributed by atoms with van der Waals surface area (Å²) in [7, 11) is 0. The quantitative estimate of drug-likeness (QED) is 0.831. The van der Waals surface area contributed by atoms with Crippen LogP contribution in [-0.2, 0) is 6.61 Å². The average Bonchev–Trinajstić information content (AvgIpc) is 2.72. The molecule has 0 fully saturated rings. The van der Waals surface area contributed by atoms with Crippen molar-refractivity contribution in [2.75, 3.05) is 0 Å². The zero-order chi connectivity index (χ0) is 13.1. The number of aromatic carboxylic acids is 1. The SMILES string of the molecule is O=C(O)c1ccc(Br)cc1OCc1cc(Br)cs1. The summed E-state index contributed by atoms with van der Waals surface area (Å²) in [4.78, 5) is 12.1. The van der Waals surface area contributed by atoms with E-state index in [-0.39, 0.29) is 5.56 Å². The highest BCUT2D eigenvalue weighted by atomic mass is 79.9. The Hall–Kier alpha value is -0.850. The summed E-state index contributed by atoms with van der Waals surface area (Å²) in [5.74, 6) is -0.633. The van der Waals surface area contributed by atoms with E-state index in [1.165, 1.54) is 6.07 Å². The second-order valence-corrected chi connectivity index (χ2v) is 6.29. The number of ether oxygens (including phenoxy) is 1. The molecule has 0 saturated heterocycles. The molecule has 0 aliphatic carbocycles. The van der Waals surface area contributed by atoms with Gasteiger partial charge in [0.1, 0.15) is 17.9 Å². The molecule has 1 aromatic carbocycles. The molecule has 94 valence electrons. The summed E-state index contributed by atoms with van der Waals surface area (Å²) < 4.78 is 7.34. The van der Waals surface area contributed by atoms with Crippen molar-refractivity contribution in [1.82, 2.24) is 0 Å². The molecule has 0 unspecified atom stereocenters. The average molecular weight is 392 g/mol. The molecule has 2 rings (SSSR count). The van der Waals surface area contributed by atoms with Crippen LogP contribution in [0.1, 0.15) is 15.2 Å². The summed E-state index contributed by atoms with van der Waals surface area (Å²) in [6.07, 6.45) is 0. The van der Waals surface area contributed by atoms with Gasteiger partial charge in [-0.05, 0) is 40.2 Å². The van der Waals surface area contributed by atoms with Crippen molar-refractivity contribution < 1.29 is 14.6 Å². The minimum absolute atomic E-state index is 0.161. The fourth-order valence-corrected chi connectivity index (χ4v) is 3.07. The molecule has 0 spiro atoms. The summed E-state index contributed by atoms with van der Waals surface area (Å²) >= 11 is 8.22. The van der Waals surface area contributed by atoms with E-state index in [0.29, 0.717) is 12.4 Å². The van der Waals surface area contributed by atoms with Crippen LogP contribution in [0.5, 0.6) is 5.75 Å². The van der Waals surface area contributed by atoms with Gasteiger partial charge in [-0.2, -0.15) is 0 Å². The third-order valence-electron chi connectivity index (χ3n) is 2.17. The van der Waals surface area contributed by atoms with Gasteiger partial charge < -0.3 is 9.84 Å². The molecule has 1 aromatic heterocycles. The molecule has 2 aromatic rings. The zero-order valence-electron chi connectivity index (χ0n) is 9.02. The number of benzene rings is 1. The van der Waals surface area contributed by atoms with E-state index in [1.807, 2.05) is 11.4 Å². The number of halogens is 2. The van der Waals surface area contributed by atoms with Crippen molar-refractivity contribution in [3.8, 4) is 5.75 Å². The molecule has 0 saturated carbocycles. The van der Waals surface area contributed by atoms with Crippen LogP contribution in [0, 0.1) is 0 Å². The predicted octanol–water partition coefficient (Wildman–Crippen LogP) is 4.55. The molecule has 0 bridgehead atoms. The van der Waals surface area contributed by atoms with Crippen molar-refractivity contribution in [3.63, 3.8) is 0 Å². The smallest absolute Gasteiger partial charge is 0.339 e. The number of thiophene rings is 1. The van der Waals surface area contributed by atoms with Gasteiger partial charge in [-0.15, -0.1) is 11.3 Å². The lowest BCUT2D eigenvalue weighted by Crippen LogP contribution is -2.02. The summed E-state index contributed by atoms with van der Waals surface area (Å²) in [5.41, 5.74) is 0.161. The van der Waals surface area contributed by atoms with Gasteiger partial charge in [0.15, 0.2) is 0 Å². The fourth-order valence-electron chi connectivity index (χ4n) is 1.37. The maximum atomic E-state index is 11.0. The minimum Gasteiger partial charge on any atom is -0.487 e. The molecule has 0 aliphatic heterocycles. The van der Waals surface area contributed by atoms with E-state index < -0.39 is 5.97 Å². The molecule has 1 heterocycles. The molecule has 1 N–H and O–H groups in total. The van der Waals surface area contributed by atoms with Crippen LogP contribution < -0.4 is 4.74 Å². The molecular formula is C12H8Br2O3S. The van der Waals surface area contributed by atoms with Crippen LogP contribution in [-0.4, -0.2) is 11.1 Å². The molecule has 0 radical (unpaired) electrons. The van der Waals surface area contributed by atoms with Gasteiger partial charge in [0.05, 0.1) is 0 Å². The molecular weight excluding hydrogens is 384 g/mol. The Morgan fingerprint density at radius 2 is 2.06 bits per heavy atom. The highest BCUT2D eigenvalue weighted by molar-refractivity contribution is 9.10. The van der Waals surface area contributed by atoms with E-state index in [1.54, 1.807) is 23.5 Å². The first kappa shape index (κ1) is 13.6. The molecule has 0 atom stereocenters. The Kier molecular flexibility index (Phi) is 4.42. The highest BCUT2D eigenvalue weighted by Gasteiger charge is 2.12. The third kappa shape index (κ3) is 3.34. The first-order chi connectivity index (χ1) is 8.56. The Morgan fingerprint density at radius 3 is 2.67 bits per heavy atom. The maximum Gasteiger partial charge on any atom is 0.339 e. The van der Waals surface area contributed by atoms with Gasteiger partial charge in [0.25, 0.3) is 0 Å². The monoisotopic (exact) mass is 390 g/mol. The Morgan fingerprint density at radius 1 is 1.28 bits per heavy atom. The van der Waals surface area contributed by atoms with E-state index in [4.69, 9.17) is 9.84 Å². The number of carbonyl (C=O) groups is 1. The van der Waals surface area contributed by atoms with Crippen molar-refractivity contribution in [2.45, 2.75) is 6.61 Å². The number of hydrogen-bond donors (Lipinski definition) is 1. The van der Waals surface area contributed by atoms with Gasteiger partial charge in [-0.3, -0.25) is 0 Å². The summed E-state index contributed by atoms with van der Waals surface area (Å²) in [6, 6.07) is 6.80. The van der Waals surface area contributed by atoms with Gasteiger partial charge in [-0.25, -0.2) is 4.79 Å². The van der Waals surface area contributed by atoms with Crippen LogP contribution in [0.2, 0.25) is 0 Å². The maximum absolute atomic E-state index is 11.0. The molecule has 0 amide bonds. The van der Waals surface area contributed by atoms with E-state index in [2.05, 4.69) is 31.9 Å². The van der Waals surface area contributed by atoms with Crippen molar-refractivity contribution in [3.05, 3.63) is 49.0 Å². The van der Waals surface area contributed by atoms with Gasteiger partial charge in [0.2, 0.25) is 0 Å². The molecule has 0 aliphatic rings. The largest absolute Gasteiger partial charge is 0.487 e. The first-order valence-electron chi connectivity index (χ1n) is 4.95. The van der Waals surface area contributed by atoms with Crippen LogP contribution >= 0.6 is 43.2 Å². The lowest BCUT2D eigenvalue weighted by molar-refractivity contribution is 0.0692. The van der Waals surface area contributed by atoms with Gasteiger partial charge in [-0.1, -0.05) is 15.9 Å². The number of hydrogen-bond acceptors (Lipinski definition) is 3.